The second kappa shape index (κ2) is 6.07. The average Bonchev–Trinajstić information content (AvgIpc) is 2.72. The fourth-order valence-electron chi connectivity index (χ4n) is 1.36. The van der Waals surface area contributed by atoms with Crippen molar-refractivity contribution in [3.8, 4) is 0 Å². The molecule has 0 atom stereocenters. The number of furan rings is 1. The Morgan fingerprint density at radius 2 is 1.60 bits per heavy atom. The minimum Gasteiger partial charge on any atom is -0.466 e. The largest absolute Gasteiger partial charge is 0.574 e. The molecule has 0 saturated carbocycles. The smallest absolute Gasteiger partial charge is 0.466 e. The van der Waals surface area contributed by atoms with Gasteiger partial charge >= 0.3 is 8.80 Å². The fraction of sp³-hybridized carbons (Fsp3) is 0.600. The third-order valence-electron chi connectivity index (χ3n) is 1.83. The molecule has 0 amide bonds. The van der Waals surface area contributed by atoms with Crippen LogP contribution in [0.5, 0.6) is 0 Å². The third kappa shape index (κ3) is 2.91. The van der Waals surface area contributed by atoms with E-state index in [2.05, 4.69) is 0 Å². The van der Waals surface area contributed by atoms with Gasteiger partial charge in [0, 0.05) is 19.8 Å². The van der Waals surface area contributed by atoms with E-state index in [0.717, 1.165) is 0 Å². The molecule has 1 heterocycles. The van der Waals surface area contributed by atoms with Crippen molar-refractivity contribution in [2.45, 2.75) is 20.8 Å². The van der Waals surface area contributed by atoms with Gasteiger partial charge in [0.15, 0.2) is 5.38 Å². The van der Waals surface area contributed by atoms with Crippen molar-refractivity contribution in [3.63, 3.8) is 0 Å². The van der Waals surface area contributed by atoms with Crippen LogP contribution >= 0.6 is 0 Å². The topological polar surface area (TPSA) is 40.8 Å². The first kappa shape index (κ1) is 12.4. The summed E-state index contributed by atoms with van der Waals surface area (Å²) < 4.78 is 22.3. The van der Waals surface area contributed by atoms with E-state index in [1.165, 1.54) is 0 Å². The lowest BCUT2D eigenvalue weighted by atomic mass is 10.7. The van der Waals surface area contributed by atoms with Gasteiger partial charge in [0.25, 0.3) is 0 Å². The van der Waals surface area contributed by atoms with Gasteiger partial charge in [-0.2, -0.15) is 0 Å². The van der Waals surface area contributed by atoms with E-state index in [9.17, 15) is 0 Å². The zero-order chi connectivity index (χ0) is 11.1. The summed E-state index contributed by atoms with van der Waals surface area (Å²) in [6.07, 6.45) is 1.61. The van der Waals surface area contributed by atoms with Gasteiger partial charge in [-0.3, -0.25) is 0 Å². The standard InChI is InChI=1S/C10H18O4Si/c1-4-12-15(13-5-2,14-6-3)10-8-7-9-11-10/h7-9H,4-6H2,1-3H3. The van der Waals surface area contributed by atoms with Crippen LogP contribution in [0.15, 0.2) is 22.8 Å². The Labute approximate surface area is 91.5 Å². The van der Waals surface area contributed by atoms with Gasteiger partial charge < -0.3 is 17.7 Å². The molecule has 5 heteroatoms. The molecule has 0 aliphatic heterocycles. The normalized spacial score (nSPS) is 11.9. The Hall–Kier alpha value is -0.623. The van der Waals surface area contributed by atoms with Crippen LogP contribution in [-0.2, 0) is 13.3 Å². The summed E-state index contributed by atoms with van der Waals surface area (Å²) in [7, 11) is -2.79. The predicted octanol–water partition coefficient (Wildman–Crippen LogP) is 1.53. The molecule has 0 aliphatic carbocycles. The summed E-state index contributed by atoms with van der Waals surface area (Å²) in [6.45, 7) is 7.40. The molecule has 1 rings (SSSR count). The van der Waals surface area contributed by atoms with Crippen molar-refractivity contribution in [3.05, 3.63) is 18.4 Å². The zero-order valence-corrected chi connectivity index (χ0v) is 10.5. The summed E-state index contributed by atoms with van der Waals surface area (Å²) in [6, 6.07) is 3.65. The molecule has 15 heavy (non-hydrogen) atoms. The van der Waals surface area contributed by atoms with Crippen LogP contribution in [0.25, 0.3) is 0 Å². The fourth-order valence-corrected chi connectivity index (χ4v) is 3.69. The van der Waals surface area contributed by atoms with Gasteiger partial charge in [0.1, 0.15) is 0 Å². The Morgan fingerprint density at radius 1 is 1.07 bits per heavy atom. The Kier molecular flexibility index (Phi) is 5.03. The lowest BCUT2D eigenvalue weighted by Gasteiger charge is -2.25. The molecule has 0 radical (unpaired) electrons. The summed E-state index contributed by atoms with van der Waals surface area (Å²) in [5.74, 6) is 0. The van der Waals surface area contributed by atoms with E-state index in [4.69, 9.17) is 17.7 Å². The van der Waals surface area contributed by atoms with Gasteiger partial charge in [-0.05, 0) is 32.9 Å². The molecule has 0 saturated heterocycles. The Balaban J connectivity index is 2.90. The van der Waals surface area contributed by atoms with Crippen LogP contribution in [0, 0.1) is 0 Å². The highest BCUT2D eigenvalue weighted by Crippen LogP contribution is 2.10. The van der Waals surface area contributed by atoms with Gasteiger partial charge in [-0.25, -0.2) is 0 Å². The first-order valence-electron chi connectivity index (χ1n) is 5.24. The highest BCUT2D eigenvalue weighted by Gasteiger charge is 2.46. The van der Waals surface area contributed by atoms with Crippen LogP contribution in [0.1, 0.15) is 20.8 Å². The first-order valence-corrected chi connectivity index (χ1v) is 6.97. The SMILES string of the molecule is CCO[Si](OCC)(OCC)c1ccco1. The van der Waals surface area contributed by atoms with E-state index >= 15 is 0 Å². The van der Waals surface area contributed by atoms with Crippen LogP contribution in [0.4, 0.5) is 0 Å². The molecule has 0 unspecified atom stereocenters. The van der Waals surface area contributed by atoms with Crippen LogP contribution in [0.3, 0.4) is 0 Å². The lowest BCUT2D eigenvalue weighted by Crippen LogP contribution is -2.56. The lowest BCUT2D eigenvalue weighted by molar-refractivity contribution is 0.0813. The molecule has 86 valence electrons. The van der Waals surface area contributed by atoms with E-state index in [1.54, 1.807) is 6.26 Å². The molecule has 0 spiro atoms. The molecular formula is C10H18O4Si. The molecule has 4 nitrogen and oxygen atoms in total. The highest BCUT2D eigenvalue weighted by molar-refractivity contribution is 6.74. The Bertz CT molecular complexity index is 243. The maximum absolute atomic E-state index is 5.66. The molecule has 1 aromatic rings. The molecule has 0 fully saturated rings. The second-order valence-electron chi connectivity index (χ2n) is 2.83. The van der Waals surface area contributed by atoms with Crippen molar-refractivity contribution < 1.29 is 17.7 Å². The van der Waals surface area contributed by atoms with Gasteiger partial charge in [0.05, 0.1) is 6.26 Å². The predicted molar refractivity (Wildman–Crippen MR) is 59.0 cm³/mol. The van der Waals surface area contributed by atoms with E-state index in [1.807, 2.05) is 32.9 Å². The summed E-state index contributed by atoms with van der Waals surface area (Å²) in [5.41, 5.74) is 0. The molecule has 0 bridgehead atoms. The van der Waals surface area contributed by atoms with Crippen molar-refractivity contribution in [1.82, 2.24) is 0 Å². The van der Waals surface area contributed by atoms with E-state index < -0.39 is 8.80 Å². The molecule has 0 aliphatic rings. The monoisotopic (exact) mass is 230 g/mol. The number of hydrogen-bond donors (Lipinski definition) is 0. The van der Waals surface area contributed by atoms with Gasteiger partial charge in [0.2, 0.25) is 0 Å². The molecule has 1 aromatic heterocycles. The number of rotatable bonds is 7. The van der Waals surface area contributed by atoms with E-state index in [0.29, 0.717) is 25.2 Å². The minimum absolute atomic E-state index is 0.549. The van der Waals surface area contributed by atoms with E-state index in [-0.39, 0.29) is 0 Å². The summed E-state index contributed by atoms with van der Waals surface area (Å²) in [5, 5.41) is 0.674. The zero-order valence-electron chi connectivity index (χ0n) is 9.49. The van der Waals surface area contributed by atoms with Crippen molar-refractivity contribution >= 4 is 14.2 Å². The van der Waals surface area contributed by atoms with Crippen LogP contribution in [0.2, 0.25) is 0 Å². The second-order valence-corrected chi connectivity index (χ2v) is 5.30. The summed E-state index contributed by atoms with van der Waals surface area (Å²) in [4.78, 5) is 0. The highest BCUT2D eigenvalue weighted by atomic mass is 28.4. The Morgan fingerprint density at radius 3 is 1.93 bits per heavy atom. The maximum atomic E-state index is 5.66. The molecular weight excluding hydrogens is 212 g/mol. The van der Waals surface area contributed by atoms with Crippen LogP contribution < -0.4 is 5.38 Å². The molecule has 0 aromatic carbocycles. The number of hydrogen-bond acceptors (Lipinski definition) is 4. The minimum atomic E-state index is -2.79. The van der Waals surface area contributed by atoms with Crippen molar-refractivity contribution in [2.75, 3.05) is 19.8 Å². The third-order valence-corrected chi connectivity index (χ3v) is 4.72. The van der Waals surface area contributed by atoms with Crippen molar-refractivity contribution in [1.29, 1.82) is 0 Å². The van der Waals surface area contributed by atoms with Gasteiger partial charge in [-0.1, -0.05) is 0 Å². The van der Waals surface area contributed by atoms with Crippen LogP contribution in [-0.4, -0.2) is 28.6 Å². The van der Waals surface area contributed by atoms with Crippen molar-refractivity contribution in [2.24, 2.45) is 0 Å². The summed E-state index contributed by atoms with van der Waals surface area (Å²) >= 11 is 0. The average molecular weight is 230 g/mol. The first-order chi connectivity index (χ1) is 7.29. The maximum Gasteiger partial charge on any atom is 0.574 e. The van der Waals surface area contributed by atoms with Gasteiger partial charge in [-0.15, -0.1) is 0 Å². The molecule has 0 N–H and O–H groups in total. The quantitative estimate of drug-likeness (QED) is 0.666.